The molecule has 23 heavy (non-hydrogen) atoms. The van der Waals surface area contributed by atoms with Gasteiger partial charge in [0.2, 0.25) is 0 Å². The molecule has 2 amide bonds. The van der Waals surface area contributed by atoms with Crippen LogP contribution in [-0.2, 0) is 0 Å². The van der Waals surface area contributed by atoms with Crippen LogP contribution in [0.25, 0.3) is 0 Å². The average molecular weight is 343 g/mol. The van der Waals surface area contributed by atoms with Crippen LogP contribution in [0.4, 0.5) is 10.8 Å². The van der Waals surface area contributed by atoms with Crippen LogP contribution in [0.1, 0.15) is 20.0 Å². The number of benzene rings is 1. The Hall–Kier alpha value is -2.51. The second-order valence-corrected chi connectivity index (χ2v) is 6.49. The molecule has 0 unspecified atom stereocenters. The Labute approximate surface area is 141 Å². The van der Waals surface area contributed by atoms with Crippen LogP contribution in [0.5, 0.6) is 0 Å². The van der Waals surface area contributed by atoms with Crippen LogP contribution in [0.15, 0.2) is 53.4 Å². The van der Waals surface area contributed by atoms with Gasteiger partial charge in [-0.05, 0) is 23.6 Å². The summed E-state index contributed by atoms with van der Waals surface area (Å²) in [6.07, 6.45) is 1.62. The van der Waals surface area contributed by atoms with E-state index in [0.29, 0.717) is 21.3 Å². The molecule has 0 bridgehead atoms. The third-order valence-electron chi connectivity index (χ3n) is 3.20. The second-order valence-electron chi connectivity index (χ2n) is 4.65. The van der Waals surface area contributed by atoms with Crippen molar-refractivity contribution in [3.8, 4) is 0 Å². The fraction of sp³-hybridized carbons (Fsp3) is 0.0625. The Morgan fingerprint density at radius 2 is 1.91 bits per heavy atom. The number of carbonyl (C=O) groups is 2. The molecule has 0 saturated carbocycles. The van der Waals surface area contributed by atoms with E-state index in [0.717, 1.165) is 0 Å². The lowest BCUT2D eigenvalue weighted by Gasteiger charge is -2.19. The van der Waals surface area contributed by atoms with E-state index in [4.69, 9.17) is 0 Å². The SMILES string of the molecule is CN(C(=O)c1cccs1)c1ccccc1C(=O)Nc1nccs1. The number of thiazole rings is 1. The van der Waals surface area contributed by atoms with Crippen LogP contribution in [0.3, 0.4) is 0 Å². The standard InChI is InChI=1S/C16H13N3O2S2/c1-19(15(21)13-7-4-9-22-13)12-6-3-2-5-11(12)14(20)18-16-17-8-10-23-16/h2-10H,1H3,(H,17,18,20). The molecule has 2 heterocycles. The van der Waals surface area contributed by atoms with E-state index in [1.165, 1.54) is 27.6 Å². The maximum absolute atomic E-state index is 12.5. The van der Waals surface area contributed by atoms with Gasteiger partial charge in [0.15, 0.2) is 5.13 Å². The predicted molar refractivity (Wildman–Crippen MR) is 93.6 cm³/mol. The van der Waals surface area contributed by atoms with Gasteiger partial charge >= 0.3 is 0 Å². The molecule has 0 radical (unpaired) electrons. The van der Waals surface area contributed by atoms with Crippen LogP contribution >= 0.6 is 22.7 Å². The quantitative estimate of drug-likeness (QED) is 0.785. The van der Waals surface area contributed by atoms with Gasteiger partial charge in [0, 0.05) is 18.6 Å². The van der Waals surface area contributed by atoms with E-state index in [2.05, 4.69) is 10.3 Å². The maximum Gasteiger partial charge on any atom is 0.268 e. The van der Waals surface area contributed by atoms with Crippen LogP contribution in [0, 0.1) is 0 Å². The van der Waals surface area contributed by atoms with Crippen molar-refractivity contribution in [2.45, 2.75) is 0 Å². The number of hydrogen-bond donors (Lipinski definition) is 1. The molecule has 2 aromatic heterocycles. The van der Waals surface area contributed by atoms with Crippen molar-refractivity contribution in [3.05, 3.63) is 63.8 Å². The lowest BCUT2D eigenvalue weighted by atomic mass is 10.1. The van der Waals surface area contributed by atoms with E-state index in [1.54, 1.807) is 49.0 Å². The monoisotopic (exact) mass is 343 g/mol. The van der Waals surface area contributed by atoms with E-state index in [9.17, 15) is 9.59 Å². The van der Waals surface area contributed by atoms with Crippen LogP contribution in [-0.4, -0.2) is 23.8 Å². The van der Waals surface area contributed by atoms with Crippen LogP contribution < -0.4 is 10.2 Å². The van der Waals surface area contributed by atoms with Gasteiger partial charge in [0.1, 0.15) is 0 Å². The first-order valence-corrected chi connectivity index (χ1v) is 8.54. The highest BCUT2D eigenvalue weighted by molar-refractivity contribution is 7.13. The molecule has 5 nitrogen and oxygen atoms in total. The zero-order valence-electron chi connectivity index (χ0n) is 12.2. The number of thiophene rings is 1. The third-order valence-corrected chi connectivity index (χ3v) is 4.75. The first-order valence-electron chi connectivity index (χ1n) is 6.78. The molecule has 0 aliphatic heterocycles. The Morgan fingerprint density at radius 3 is 2.61 bits per heavy atom. The Kier molecular flexibility index (Phi) is 4.50. The van der Waals surface area contributed by atoms with Gasteiger partial charge in [-0.2, -0.15) is 0 Å². The lowest BCUT2D eigenvalue weighted by molar-refractivity contribution is 0.0996. The van der Waals surface area contributed by atoms with Crippen molar-refractivity contribution in [1.29, 1.82) is 0 Å². The highest BCUT2D eigenvalue weighted by Gasteiger charge is 2.20. The molecule has 0 spiro atoms. The van der Waals surface area contributed by atoms with E-state index in [-0.39, 0.29) is 11.8 Å². The maximum atomic E-state index is 12.5. The molecule has 1 aromatic carbocycles. The minimum atomic E-state index is -0.290. The molecule has 116 valence electrons. The summed E-state index contributed by atoms with van der Waals surface area (Å²) in [5.41, 5.74) is 0.982. The number of para-hydroxylation sites is 1. The first-order chi connectivity index (χ1) is 11.2. The van der Waals surface area contributed by atoms with Gasteiger partial charge in [-0.25, -0.2) is 4.98 Å². The van der Waals surface area contributed by atoms with Gasteiger partial charge in [-0.1, -0.05) is 18.2 Å². The summed E-state index contributed by atoms with van der Waals surface area (Å²) in [5, 5.41) is 6.90. The molecular formula is C16H13N3O2S2. The van der Waals surface area contributed by atoms with Gasteiger partial charge in [-0.15, -0.1) is 22.7 Å². The average Bonchev–Trinajstić information content (AvgIpc) is 3.27. The fourth-order valence-electron chi connectivity index (χ4n) is 2.08. The highest BCUT2D eigenvalue weighted by Crippen LogP contribution is 2.24. The van der Waals surface area contributed by atoms with Crippen molar-refractivity contribution < 1.29 is 9.59 Å². The summed E-state index contributed by atoms with van der Waals surface area (Å²) >= 11 is 2.71. The molecule has 0 aliphatic rings. The number of carbonyl (C=O) groups excluding carboxylic acids is 2. The molecule has 3 aromatic rings. The van der Waals surface area contributed by atoms with Gasteiger partial charge in [0.25, 0.3) is 11.8 Å². The first kappa shape index (κ1) is 15.4. The van der Waals surface area contributed by atoms with Crippen molar-refractivity contribution in [3.63, 3.8) is 0 Å². The Balaban J connectivity index is 1.88. The van der Waals surface area contributed by atoms with Crippen molar-refractivity contribution in [2.24, 2.45) is 0 Å². The van der Waals surface area contributed by atoms with Crippen LogP contribution in [0.2, 0.25) is 0 Å². The summed E-state index contributed by atoms with van der Waals surface area (Å²) in [7, 11) is 1.66. The lowest BCUT2D eigenvalue weighted by Crippen LogP contribution is -2.28. The minimum Gasteiger partial charge on any atom is -0.310 e. The number of anilines is 2. The summed E-state index contributed by atoms with van der Waals surface area (Å²) < 4.78 is 0. The van der Waals surface area contributed by atoms with Crippen molar-refractivity contribution in [2.75, 3.05) is 17.3 Å². The molecule has 0 aliphatic carbocycles. The number of amides is 2. The summed E-state index contributed by atoms with van der Waals surface area (Å²) in [6, 6.07) is 10.6. The topological polar surface area (TPSA) is 62.3 Å². The number of hydrogen-bond acceptors (Lipinski definition) is 5. The third kappa shape index (κ3) is 3.30. The van der Waals surface area contributed by atoms with Crippen molar-refractivity contribution in [1.82, 2.24) is 4.98 Å². The fourth-order valence-corrected chi connectivity index (χ4v) is 3.31. The number of aromatic nitrogens is 1. The highest BCUT2D eigenvalue weighted by atomic mass is 32.1. The zero-order valence-corrected chi connectivity index (χ0v) is 13.9. The molecule has 0 saturated heterocycles. The summed E-state index contributed by atoms with van der Waals surface area (Å²) in [5.74, 6) is -0.434. The summed E-state index contributed by atoms with van der Waals surface area (Å²) in [6.45, 7) is 0. The Morgan fingerprint density at radius 1 is 1.09 bits per heavy atom. The molecule has 1 N–H and O–H groups in total. The number of nitrogens with zero attached hydrogens (tertiary/aromatic N) is 2. The summed E-state index contributed by atoms with van der Waals surface area (Å²) in [4.78, 5) is 31.1. The predicted octanol–water partition coefficient (Wildman–Crippen LogP) is 3.73. The molecule has 7 heteroatoms. The van der Waals surface area contributed by atoms with Gasteiger partial charge in [-0.3, -0.25) is 14.9 Å². The van der Waals surface area contributed by atoms with Crippen molar-refractivity contribution >= 4 is 45.3 Å². The van der Waals surface area contributed by atoms with E-state index < -0.39 is 0 Å². The molecule has 0 atom stereocenters. The minimum absolute atomic E-state index is 0.144. The van der Waals surface area contributed by atoms with Gasteiger partial charge < -0.3 is 4.90 Å². The molecular weight excluding hydrogens is 330 g/mol. The van der Waals surface area contributed by atoms with E-state index in [1.807, 2.05) is 11.4 Å². The largest absolute Gasteiger partial charge is 0.310 e. The number of nitrogens with one attached hydrogen (secondary N) is 1. The van der Waals surface area contributed by atoms with Gasteiger partial charge in [0.05, 0.1) is 16.1 Å². The normalized spacial score (nSPS) is 10.3. The molecule has 3 rings (SSSR count). The number of rotatable bonds is 4. The van der Waals surface area contributed by atoms with E-state index >= 15 is 0 Å². The zero-order chi connectivity index (χ0) is 16.2. The molecule has 0 fully saturated rings. The Bertz CT molecular complexity index is 814. The second kappa shape index (κ2) is 6.72. The smallest absolute Gasteiger partial charge is 0.268 e.